The highest BCUT2D eigenvalue weighted by Crippen LogP contribution is 2.10. The first-order valence-corrected chi connectivity index (χ1v) is 3.46. The molecule has 2 N–H and O–H groups in total. The van der Waals surface area contributed by atoms with Crippen LogP contribution in [-0.2, 0) is 4.79 Å². The second-order valence-corrected chi connectivity index (χ2v) is 2.53. The molecule has 0 aliphatic heterocycles. The predicted molar refractivity (Wildman–Crippen MR) is 44.0 cm³/mol. The van der Waals surface area contributed by atoms with E-state index in [1.54, 1.807) is 24.3 Å². The Morgan fingerprint density at radius 1 is 1.36 bits per heavy atom. The Morgan fingerprint density at radius 2 is 1.91 bits per heavy atom. The molecule has 3 heteroatoms. The van der Waals surface area contributed by atoms with E-state index in [1.807, 2.05) is 0 Å². The van der Waals surface area contributed by atoms with Crippen molar-refractivity contribution >= 4 is 17.5 Å². The average molecular weight is 169 g/mol. The molecule has 0 aromatic heterocycles. The van der Waals surface area contributed by atoms with Crippen LogP contribution < -0.4 is 5.73 Å². The van der Waals surface area contributed by atoms with Gasteiger partial charge < -0.3 is 5.73 Å². The molecular weight excluding hydrogens is 162 g/mol. The lowest BCUT2D eigenvalue weighted by molar-refractivity contribution is -0.114. The van der Waals surface area contributed by atoms with E-state index < -0.39 is 5.91 Å². The van der Waals surface area contributed by atoms with Crippen LogP contribution in [-0.4, -0.2) is 5.91 Å². The van der Waals surface area contributed by atoms with E-state index in [0.29, 0.717) is 5.02 Å². The maximum atomic E-state index is 10.4. The maximum absolute atomic E-state index is 10.4. The Morgan fingerprint density at radius 3 is 2.36 bits per heavy atom. The van der Waals surface area contributed by atoms with Crippen LogP contribution in [0.25, 0.3) is 0 Å². The van der Waals surface area contributed by atoms with E-state index >= 15 is 0 Å². The van der Waals surface area contributed by atoms with Crippen molar-refractivity contribution < 1.29 is 4.79 Å². The van der Waals surface area contributed by atoms with E-state index in [9.17, 15) is 4.79 Å². The lowest BCUT2D eigenvalue weighted by atomic mass is 10.1. The topological polar surface area (TPSA) is 43.1 Å². The van der Waals surface area contributed by atoms with Gasteiger partial charge in [-0.3, -0.25) is 4.79 Å². The number of benzene rings is 1. The average Bonchev–Trinajstić information content (AvgIpc) is 1.93. The molecule has 0 atom stereocenters. The third-order valence-electron chi connectivity index (χ3n) is 1.18. The second kappa shape index (κ2) is 3.39. The highest BCUT2D eigenvalue weighted by Gasteiger charge is 1.97. The van der Waals surface area contributed by atoms with Gasteiger partial charge in [0.15, 0.2) is 0 Å². The molecule has 0 spiro atoms. The summed E-state index contributed by atoms with van der Waals surface area (Å²) >= 11 is 5.62. The van der Waals surface area contributed by atoms with Crippen molar-refractivity contribution in [3.63, 3.8) is 0 Å². The minimum Gasteiger partial charge on any atom is -0.369 e. The SMILES string of the molecule is NC(=O)[CH]c1ccc(Cl)cc1. The Balaban J connectivity index is 2.74. The van der Waals surface area contributed by atoms with Crippen molar-refractivity contribution in [2.75, 3.05) is 0 Å². The van der Waals surface area contributed by atoms with Gasteiger partial charge in [-0.25, -0.2) is 0 Å². The number of carbonyl (C=O) groups is 1. The Labute approximate surface area is 70.0 Å². The van der Waals surface area contributed by atoms with Gasteiger partial charge in [0.25, 0.3) is 0 Å². The summed E-state index contributed by atoms with van der Waals surface area (Å²) in [7, 11) is 0. The first-order chi connectivity index (χ1) is 5.18. The Bertz CT molecular complexity index is 255. The van der Waals surface area contributed by atoms with Crippen LogP contribution in [0.2, 0.25) is 5.02 Å². The van der Waals surface area contributed by atoms with Crippen molar-refractivity contribution in [1.29, 1.82) is 0 Å². The smallest absolute Gasteiger partial charge is 0.226 e. The Kier molecular flexibility index (Phi) is 2.49. The zero-order valence-corrected chi connectivity index (χ0v) is 6.51. The molecule has 1 radical (unpaired) electrons. The second-order valence-electron chi connectivity index (χ2n) is 2.10. The van der Waals surface area contributed by atoms with Gasteiger partial charge in [0.1, 0.15) is 0 Å². The van der Waals surface area contributed by atoms with Gasteiger partial charge in [0.2, 0.25) is 5.91 Å². The van der Waals surface area contributed by atoms with Crippen molar-refractivity contribution in [2.45, 2.75) is 0 Å². The number of carbonyl (C=O) groups excluding carboxylic acids is 1. The van der Waals surface area contributed by atoms with Gasteiger partial charge >= 0.3 is 0 Å². The summed E-state index contributed by atoms with van der Waals surface area (Å²) < 4.78 is 0. The molecule has 2 nitrogen and oxygen atoms in total. The number of hydrogen-bond donors (Lipinski definition) is 1. The van der Waals surface area contributed by atoms with Crippen LogP contribution in [0.5, 0.6) is 0 Å². The van der Waals surface area contributed by atoms with Crippen LogP contribution in [0.4, 0.5) is 0 Å². The molecule has 0 heterocycles. The summed E-state index contributed by atoms with van der Waals surface area (Å²) in [5, 5.41) is 0.645. The van der Waals surface area contributed by atoms with Crippen molar-refractivity contribution in [3.05, 3.63) is 41.3 Å². The monoisotopic (exact) mass is 168 g/mol. The van der Waals surface area contributed by atoms with Crippen molar-refractivity contribution in [2.24, 2.45) is 5.73 Å². The highest BCUT2D eigenvalue weighted by molar-refractivity contribution is 6.30. The molecule has 0 aliphatic rings. The standard InChI is InChI=1S/C8H7ClNO/c9-7-3-1-6(2-4-7)5-8(10)11/h1-5H,(H2,10,11). The molecule has 1 rings (SSSR count). The van der Waals surface area contributed by atoms with Crippen molar-refractivity contribution in [1.82, 2.24) is 0 Å². The molecule has 0 aliphatic carbocycles. The number of hydrogen-bond acceptors (Lipinski definition) is 1. The molecule has 0 bridgehead atoms. The zero-order valence-electron chi connectivity index (χ0n) is 5.75. The molecule has 0 unspecified atom stereocenters. The van der Waals surface area contributed by atoms with E-state index in [0.717, 1.165) is 5.56 Å². The van der Waals surface area contributed by atoms with Gasteiger partial charge in [0, 0.05) is 5.02 Å². The normalized spacial score (nSPS) is 9.55. The number of primary amides is 1. The summed E-state index contributed by atoms with van der Waals surface area (Å²) in [6.07, 6.45) is 1.34. The molecule has 0 saturated heterocycles. The molecule has 1 amide bonds. The third kappa shape index (κ3) is 2.60. The minimum absolute atomic E-state index is 0.452. The Hall–Kier alpha value is -1.02. The molecule has 57 valence electrons. The minimum atomic E-state index is -0.452. The fourth-order valence-electron chi connectivity index (χ4n) is 0.723. The summed E-state index contributed by atoms with van der Waals surface area (Å²) in [5.41, 5.74) is 5.70. The third-order valence-corrected chi connectivity index (χ3v) is 1.43. The lowest BCUT2D eigenvalue weighted by Gasteiger charge is -1.95. The van der Waals surface area contributed by atoms with Gasteiger partial charge in [-0.05, 0) is 17.7 Å². The number of rotatable bonds is 2. The van der Waals surface area contributed by atoms with E-state index in [-0.39, 0.29) is 0 Å². The van der Waals surface area contributed by atoms with E-state index in [1.165, 1.54) is 6.42 Å². The predicted octanol–water partition coefficient (Wildman–Crippen LogP) is 1.38. The van der Waals surface area contributed by atoms with Crippen LogP contribution in [0.3, 0.4) is 0 Å². The van der Waals surface area contributed by atoms with E-state index in [2.05, 4.69) is 0 Å². The van der Waals surface area contributed by atoms with Gasteiger partial charge in [-0.15, -0.1) is 0 Å². The molecular formula is C8H7ClNO. The quantitative estimate of drug-likeness (QED) is 0.713. The largest absolute Gasteiger partial charge is 0.369 e. The fourth-order valence-corrected chi connectivity index (χ4v) is 0.849. The van der Waals surface area contributed by atoms with E-state index in [4.69, 9.17) is 17.3 Å². The molecule has 0 saturated carbocycles. The number of amides is 1. The maximum Gasteiger partial charge on any atom is 0.226 e. The fraction of sp³-hybridized carbons (Fsp3) is 0. The van der Waals surface area contributed by atoms with Gasteiger partial charge in [0.05, 0.1) is 6.42 Å². The summed E-state index contributed by atoms with van der Waals surface area (Å²) in [6.45, 7) is 0. The van der Waals surface area contributed by atoms with Crippen LogP contribution in [0, 0.1) is 6.42 Å². The van der Waals surface area contributed by atoms with Crippen LogP contribution >= 0.6 is 11.6 Å². The van der Waals surface area contributed by atoms with Crippen LogP contribution in [0.1, 0.15) is 5.56 Å². The summed E-state index contributed by atoms with van der Waals surface area (Å²) in [5.74, 6) is -0.452. The highest BCUT2D eigenvalue weighted by atomic mass is 35.5. The zero-order chi connectivity index (χ0) is 8.27. The molecule has 1 aromatic carbocycles. The summed E-state index contributed by atoms with van der Waals surface area (Å²) in [6, 6.07) is 6.87. The lowest BCUT2D eigenvalue weighted by Crippen LogP contribution is -2.11. The number of halogens is 1. The summed E-state index contributed by atoms with van der Waals surface area (Å²) in [4.78, 5) is 10.4. The van der Waals surface area contributed by atoms with Gasteiger partial charge in [-0.2, -0.15) is 0 Å². The molecule has 0 fully saturated rings. The van der Waals surface area contributed by atoms with Crippen LogP contribution in [0.15, 0.2) is 24.3 Å². The molecule has 1 aromatic rings. The molecule has 11 heavy (non-hydrogen) atoms. The first kappa shape index (κ1) is 8.08. The number of nitrogens with two attached hydrogens (primary N) is 1. The van der Waals surface area contributed by atoms with Crippen molar-refractivity contribution in [3.8, 4) is 0 Å². The first-order valence-electron chi connectivity index (χ1n) is 3.08. The van der Waals surface area contributed by atoms with Gasteiger partial charge in [-0.1, -0.05) is 23.7 Å².